The minimum absolute atomic E-state index is 0.0282. The molecule has 110 valence electrons. The fourth-order valence-electron chi connectivity index (χ4n) is 1.57. The van der Waals surface area contributed by atoms with Gasteiger partial charge in [0.1, 0.15) is 17.5 Å². The summed E-state index contributed by atoms with van der Waals surface area (Å²) in [6, 6.07) is 4.55. The number of nitrogens with one attached hydrogen (secondary N) is 1. The number of rotatable bonds is 4. The molecule has 0 atom stereocenters. The summed E-state index contributed by atoms with van der Waals surface area (Å²) in [7, 11) is 1.21. The van der Waals surface area contributed by atoms with Crippen LogP contribution >= 0.6 is 11.6 Å². The number of nitrogens with zero attached hydrogens (tertiary/aromatic N) is 2. The summed E-state index contributed by atoms with van der Waals surface area (Å²) < 4.78 is 30.8. The number of methoxy groups -OCH3 is 1. The van der Waals surface area contributed by atoms with Crippen LogP contribution in [0.15, 0.2) is 24.3 Å². The molecular formula is C13H10ClF2N3O2. The zero-order valence-electron chi connectivity index (χ0n) is 10.9. The molecular weight excluding hydrogens is 304 g/mol. The van der Waals surface area contributed by atoms with Crippen LogP contribution < -0.4 is 5.32 Å². The third-order valence-electron chi connectivity index (χ3n) is 2.57. The van der Waals surface area contributed by atoms with Crippen LogP contribution in [0.2, 0.25) is 5.28 Å². The molecule has 2 rings (SSSR count). The summed E-state index contributed by atoms with van der Waals surface area (Å²) in [6.45, 7) is 0.0417. The maximum Gasteiger partial charge on any atom is 0.356 e. The SMILES string of the molecule is COC(=O)c1cc(NCc2ccc(F)cc2F)nc(Cl)n1. The first-order valence-corrected chi connectivity index (χ1v) is 6.18. The van der Waals surface area contributed by atoms with Crippen molar-refractivity contribution in [2.75, 3.05) is 12.4 Å². The molecule has 5 nitrogen and oxygen atoms in total. The first kappa shape index (κ1) is 15.1. The van der Waals surface area contributed by atoms with Crippen molar-refractivity contribution in [1.29, 1.82) is 0 Å². The van der Waals surface area contributed by atoms with E-state index in [9.17, 15) is 13.6 Å². The van der Waals surface area contributed by atoms with E-state index in [1.165, 1.54) is 19.2 Å². The quantitative estimate of drug-likeness (QED) is 0.694. The number of carbonyl (C=O) groups excluding carboxylic acids is 1. The van der Waals surface area contributed by atoms with Crippen LogP contribution in [0, 0.1) is 11.6 Å². The highest BCUT2D eigenvalue weighted by molar-refractivity contribution is 6.28. The Kier molecular flexibility index (Phi) is 4.64. The summed E-state index contributed by atoms with van der Waals surface area (Å²) in [4.78, 5) is 18.9. The monoisotopic (exact) mass is 313 g/mol. The van der Waals surface area contributed by atoms with Crippen molar-refractivity contribution in [3.63, 3.8) is 0 Å². The number of anilines is 1. The fourth-order valence-corrected chi connectivity index (χ4v) is 1.75. The molecule has 1 heterocycles. The van der Waals surface area contributed by atoms with Gasteiger partial charge in [-0.2, -0.15) is 0 Å². The van der Waals surface area contributed by atoms with Gasteiger partial charge in [-0.15, -0.1) is 0 Å². The maximum absolute atomic E-state index is 13.5. The van der Waals surface area contributed by atoms with Crippen molar-refractivity contribution in [2.45, 2.75) is 6.54 Å². The molecule has 0 saturated carbocycles. The number of hydrogen-bond donors (Lipinski definition) is 1. The number of carbonyl (C=O) groups is 1. The van der Waals surface area contributed by atoms with Crippen LogP contribution in [0.25, 0.3) is 0 Å². The number of benzene rings is 1. The highest BCUT2D eigenvalue weighted by Gasteiger charge is 2.11. The van der Waals surface area contributed by atoms with Gasteiger partial charge in [0.2, 0.25) is 5.28 Å². The Morgan fingerprint density at radius 2 is 2.10 bits per heavy atom. The van der Waals surface area contributed by atoms with E-state index in [1.54, 1.807) is 0 Å². The molecule has 0 aliphatic carbocycles. The summed E-state index contributed by atoms with van der Waals surface area (Å²) >= 11 is 5.69. The summed E-state index contributed by atoms with van der Waals surface area (Å²) in [5.74, 6) is -1.79. The van der Waals surface area contributed by atoms with Gasteiger partial charge in [-0.05, 0) is 17.7 Å². The average Bonchev–Trinajstić information content (AvgIpc) is 2.45. The Labute approximate surface area is 123 Å². The molecule has 21 heavy (non-hydrogen) atoms. The van der Waals surface area contributed by atoms with E-state index < -0.39 is 17.6 Å². The van der Waals surface area contributed by atoms with E-state index in [4.69, 9.17) is 11.6 Å². The Bertz CT molecular complexity index is 682. The number of esters is 1. The van der Waals surface area contributed by atoms with Gasteiger partial charge in [0.25, 0.3) is 0 Å². The van der Waals surface area contributed by atoms with E-state index >= 15 is 0 Å². The van der Waals surface area contributed by atoms with Gasteiger partial charge in [0, 0.05) is 24.2 Å². The van der Waals surface area contributed by atoms with Gasteiger partial charge in [0.05, 0.1) is 7.11 Å². The normalized spacial score (nSPS) is 10.3. The van der Waals surface area contributed by atoms with Gasteiger partial charge >= 0.3 is 5.97 Å². The lowest BCUT2D eigenvalue weighted by atomic mass is 10.2. The highest BCUT2D eigenvalue weighted by atomic mass is 35.5. The van der Waals surface area contributed by atoms with Crippen LogP contribution in [-0.4, -0.2) is 23.0 Å². The lowest BCUT2D eigenvalue weighted by Crippen LogP contribution is -2.09. The van der Waals surface area contributed by atoms with Crippen molar-refractivity contribution in [3.8, 4) is 0 Å². The van der Waals surface area contributed by atoms with Crippen molar-refractivity contribution < 1.29 is 18.3 Å². The second-order valence-electron chi connectivity index (χ2n) is 3.99. The number of hydrogen-bond acceptors (Lipinski definition) is 5. The molecule has 2 aromatic rings. The second-order valence-corrected chi connectivity index (χ2v) is 4.33. The first-order valence-electron chi connectivity index (χ1n) is 5.80. The van der Waals surface area contributed by atoms with Gasteiger partial charge in [-0.1, -0.05) is 6.07 Å². The Morgan fingerprint density at radius 1 is 1.33 bits per heavy atom. The summed E-state index contributed by atoms with van der Waals surface area (Å²) in [5.41, 5.74) is 0.213. The van der Waals surface area contributed by atoms with Crippen LogP contribution in [0.4, 0.5) is 14.6 Å². The van der Waals surface area contributed by atoms with Gasteiger partial charge in [-0.25, -0.2) is 23.5 Å². The minimum Gasteiger partial charge on any atom is -0.464 e. The van der Waals surface area contributed by atoms with E-state index in [1.807, 2.05) is 0 Å². The summed E-state index contributed by atoms with van der Waals surface area (Å²) in [6.07, 6.45) is 0. The Morgan fingerprint density at radius 3 is 2.76 bits per heavy atom. The minimum atomic E-state index is -0.684. The largest absolute Gasteiger partial charge is 0.464 e. The lowest BCUT2D eigenvalue weighted by Gasteiger charge is -2.08. The first-order chi connectivity index (χ1) is 9.99. The molecule has 0 saturated heterocycles. The molecule has 1 N–H and O–H groups in total. The molecule has 1 aromatic carbocycles. The van der Waals surface area contributed by atoms with Crippen LogP contribution in [-0.2, 0) is 11.3 Å². The molecule has 0 bridgehead atoms. The van der Waals surface area contributed by atoms with Crippen molar-refractivity contribution in [2.24, 2.45) is 0 Å². The van der Waals surface area contributed by atoms with Crippen LogP contribution in [0.1, 0.15) is 16.1 Å². The van der Waals surface area contributed by atoms with Gasteiger partial charge in [0.15, 0.2) is 5.69 Å². The number of aromatic nitrogens is 2. The van der Waals surface area contributed by atoms with Gasteiger partial charge in [-0.3, -0.25) is 0 Å². The molecule has 0 radical (unpaired) electrons. The highest BCUT2D eigenvalue weighted by Crippen LogP contribution is 2.14. The van der Waals surface area contributed by atoms with Crippen molar-refractivity contribution in [3.05, 3.63) is 52.4 Å². The molecule has 0 unspecified atom stereocenters. The van der Waals surface area contributed by atoms with Crippen molar-refractivity contribution >= 4 is 23.4 Å². The number of ether oxygens (including phenoxy) is 1. The van der Waals surface area contributed by atoms with Crippen LogP contribution in [0.3, 0.4) is 0 Å². The maximum atomic E-state index is 13.5. The molecule has 0 spiro atoms. The number of halogens is 3. The Hall–Kier alpha value is -2.28. The second kappa shape index (κ2) is 6.45. The van der Waals surface area contributed by atoms with Crippen molar-refractivity contribution in [1.82, 2.24) is 9.97 Å². The van der Waals surface area contributed by atoms with E-state index in [-0.39, 0.29) is 28.9 Å². The summed E-state index contributed by atoms with van der Waals surface area (Å²) in [5, 5.41) is 2.62. The molecule has 8 heteroatoms. The zero-order valence-corrected chi connectivity index (χ0v) is 11.6. The molecule has 0 aliphatic heterocycles. The molecule has 1 aromatic heterocycles. The predicted molar refractivity (Wildman–Crippen MR) is 72.1 cm³/mol. The smallest absolute Gasteiger partial charge is 0.356 e. The molecule has 0 fully saturated rings. The van der Waals surface area contributed by atoms with Crippen LogP contribution in [0.5, 0.6) is 0 Å². The van der Waals surface area contributed by atoms with E-state index in [0.29, 0.717) is 0 Å². The third kappa shape index (κ3) is 3.85. The average molecular weight is 314 g/mol. The molecule has 0 amide bonds. The Balaban J connectivity index is 2.16. The zero-order chi connectivity index (χ0) is 15.4. The molecule has 0 aliphatic rings. The predicted octanol–water partition coefficient (Wildman–Crippen LogP) is 2.81. The lowest BCUT2D eigenvalue weighted by molar-refractivity contribution is 0.0594. The van der Waals surface area contributed by atoms with E-state index in [2.05, 4.69) is 20.0 Å². The standard InChI is InChI=1S/C13H10ClF2N3O2/c1-21-12(20)10-5-11(19-13(14)18-10)17-6-7-2-3-8(15)4-9(7)16/h2-5H,6H2,1H3,(H,17,18,19). The van der Waals surface area contributed by atoms with E-state index in [0.717, 1.165) is 12.1 Å². The van der Waals surface area contributed by atoms with Gasteiger partial charge < -0.3 is 10.1 Å². The fraction of sp³-hybridized carbons (Fsp3) is 0.154. The third-order valence-corrected chi connectivity index (χ3v) is 2.74. The topological polar surface area (TPSA) is 64.1 Å².